The van der Waals surface area contributed by atoms with Gasteiger partial charge in [-0.2, -0.15) is 0 Å². The predicted octanol–water partition coefficient (Wildman–Crippen LogP) is 3.27. The Morgan fingerprint density at radius 1 is 0.969 bits per heavy atom. The fourth-order valence-electron chi connectivity index (χ4n) is 2.88. The third-order valence-electron chi connectivity index (χ3n) is 4.52. The molecule has 0 heterocycles. The summed E-state index contributed by atoms with van der Waals surface area (Å²) in [5.41, 5.74) is 7.23. The van der Waals surface area contributed by atoms with Gasteiger partial charge in [0.2, 0.25) is 11.8 Å². The molecule has 0 radical (unpaired) electrons. The summed E-state index contributed by atoms with van der Waals surface area (Å²) in [4.78, 5) is 37.4. The number of rotatable bonds is 7. The zero-order chi connectivity index (χ0) is 23.1. The number of benzene rings is 3. The van der Waals surface area contributed by atoms with Gasteiger partial charge in [0.05, 0.1) is 6.54 Å². The molecule has 32 heavy (non-hydrogen) atoms. The van der Waals surface area contributed by atoms with E-state index in [0.29, 0.717) is 33.9 Å². The number of nitrogens with two attached hydrogens (primary N) is 1. The number of terminal acetylenes is 1. The fraction of sp³-hybridized carbons (Fsp3) is 0.0800. The molecule has 0 aliphatic rings. The third kappa shape index (κ3) is 5.74. The molecule has 0 atom stereocenters. The molecule has 0 spiro atoms. The summed E-state index contributed by atoms with van der Waals surface area (Å²) < 4.78 is 5.70. The first kappa shape index (κ1) is 22.1. The maximum atomic E-state index is 12.6. The van der Waals surface area contributed by atoms with Gasteiger partial charge in [-0.25, -0.2) is 0 Å². The first-order valence-corrected chi connectivity index (χ1v) is 9.65. The molecule has 160 valence electrons. The quantitative estimate of drug-likeness (QED) is 0.565. The average molecular weight is 427 g/mol. The van der Waals surface area contributed by atoms with Crippen molar-refractivity contribution in [3.8, 4) is 23.8 Å². The number of anilines is 1. The van der Waals surface area contributed by atoms with Crippen molar-refractivity contribution in [2.75, 3.05) is 18.9 Å². The second kappa shape index (κ2) is 9.96. The van der Waals surface area contributed by atoms with Crippen LogP contribution in [0.2, 0.25) is 0 Å². The summed E-state index contributed by atoms with van der Waals surface area (Å²) in [6.07, 6.45) is 5.36. The van der Waals surface area contributed by atoms with Crippen molar-refractivity contribution in [2.45, 2.75) is 0 Å². The number of hydrogen-bond acceptors (Lipinski definition) is 4. The predicted molar refractivity (Wildman–Crippen MR) is 121 cm³/mol. The molecule has 0 fully saturated rings. The van der Waals surface area contributed by atoms with E-state index >= 15 is 0 Å². The number of nitrogens with zero attached hydrogens (tertiary/aromatic N) is 1. The van der Waals surface area contributed by atoms with Gasteiger partial charge in [-0.3, -0.25) is 14.4 Å². The fourth-order valence-corrected chi connectivity index (χ4v) is 2.88. The van der Waals surface area contributed by atoms with Crippen molar-refractivity contribution in [2.24, 2.45) is 5.73 Å². The average Bonchev–Trinajstić information content (AvgIpc) is 2.79. The lowest BCUT2D eigenvalue weighted by atomic mass is 10.2. The maximum absolute atomic E-state index is 12.6. The largest absolute Gasteiger partial charge is 0.457 e. The van der Waals surface area contributed by atoms with Gasteiger partial charge >= 0.3 is 0 Å². The van der Waals surface area contributed by atoms with Crippen molar-refractivity contribution in [1.82, 2.24) is 4.90 Å². The molecule has 0 saturated heterocycles. The number of primary amides is 1. The number of amides is 3. The Labute approximate surface area is 185 Å². The first-order chi connectivity index (χ1) is 15.4. The highest BCUT2D eigenvalue weighted by Crippen LogP contribution is 2.22. The van der Waals surface area contributed by atoms with E-state index in [9.17, 15) is 14.4 Å². The second-order valence-electron chi connectivity index (χ2n) is 6.95. The standard InChI is InChI=1S/C25H21N3O4/c1-3-17-5-4-6-20(15-17)27-23(29)16-28(2)25(31)19-9-13-22(14-10-19)32-21-11-7-18(8-12-21)24(26)30/h1,4-15H,16H2,2H3,(H2,26,30)(H,27,29). The van der Waals surface area contributed by atoms with Crippen molar-refractivity contribution in [1.29, 1.82) is 0 Å². The van der Waals surface area contributed by atoms with Gasteiger partial charge in [0.25, 0.3) is 5.91 Å². The normalized spacial score (nSPS) is 10.0. The molecule has 0 aliphatic heterocycles. The van der Waals surface area contributed by atoms with Crippen LogP contribution in [-0.4, -0.2) is 36.2 Å². The number of likely N-dealkylation sites (N-methyl/N-ethyl adjacent to an activating group) is 1. The van der Waals surface area contributed by atoms with Crippen LogP contribution in [0.25, 0.3) is 0 Å². The van der Waals surface area contributed by atoms with E-state index in [4.69, 9.17) is 16.9 Å². The molecule has 0 saturated carbocycles. The SMILES string of the molecule is C#Cc1cccc(NC(=O)CN(C)C(=O)c2ccc(Oc3ccc(C(N)=O)cc3)cc2)c1. The lowest BCUT2D eigenvalue weighted by Crippen LogP contribution is -2.34. The number of hydrogen-bond donors (Lipinski definition) is 2. The van der Waals surface area contributed by atoms with Gasteiger partial charge in [-0.15, -0.1) is 6.42 Å². The molecular formula is C25H21N3O4. The van der Waals surface area contributed by atoms with Gasteiger partial charge in [0.1, 0.15) is 11.5 Å². The zero-order valence-corrected chi connectivity index (χ0v) is 17.4. The molecule has 3 N–H and O–H groups in total. The molecule has 7 nitrogen and oxygen atoms in total. The van der Waals surface area contributed by atoms with E-state index in [1.807, 2.05) is 0 Å². The van der Waals surface area contributed by atoms with Crippen LogP contribution in [0.3, 0.4) is 0 Å². The molecule has 3 aromatic rings. The molecule has 7 heteroatoms. The lowest BCUT2D eigenvalue weighted by molar-refractivity contribution is -0.116. The molecule has 0 unspecified atom stereocenters. The van der Waals surface area contributed by atoms with Crippen LogP contribution in [-0.2, 0) is 4.79 Å². The van der Waals surface area contributed by atoms with Crippen molar-refractivity contribution < 1.29 is 19.1 Å². The summed E-state index contributed by atoms with van der Waals surface area (Å²) in [6.45, 7) is -0.121. The summed E-state index contributed by atoms with van der Waals surface area (Å²) in [7, 11) is 1.55. The van der Waals surface area contributed by atoms with Crippen LogP contribution in [0, 0.1) is 12.3 Å². The van der Waals surface area contributed by atoms with Crippen LogP contribution >= 0.6 is 0 Å². The smallest absolute Gasteiger partial charge is 0.254 e. The van der Waals surface area contributed by atoms with Crippen LogP contribution in [0.5, 0.6) is 11.5 Å². The Kier molecular flexibility index (Phi) is 6.88. The van der Waals surface area contributed by atoms with E-state index in [1.165, 1.54) is 4.90 Å². The molecule has 0 aliphatic carbocycles. The maximum Gasteiger partial charge on any atom is 0.254 e. The Hall–Kier alpha value is -4.57. The van der Waals surface area contributed by atoms with Crippen molar-refractivity contribution >= 4 is 23.4 Å². The van der Waals surface area contributed by atoms with E-state index in [0.717, 1.165) is 0 Å². The highest BCUT2D eigenvalue weighted by atomic mass is 16.5. The first-order valence-electron chi connectivity index (χ1n) is 9.65. The van der Waals surface area contributed by atoms with Gasteiger partial charge in [0, 0.05) is 29.4 Å². The van der Waals surface area contributed by atoms with E-state index in [1.54, 1.807) is 79.8 Å². The number of ether oxygens (including phenoxy) is 1. The Morgan fingerprint density at radius 3 is 2.12 bits per heavy atom. The molecule has 3 rings (SSSR count). The zero-order valence-electron chi connectivity index (χ0n) is 17.4. The minimum Gasteiger partial charge on any atom is -0.457 e. The number of carbonyl (C=O) groups excluding carboxylic acids is 3. The van der Waals surface area contributed by atoms with Crippen LogP contribution in [0.4, 0.5) is 5.69 Å². The van der Waals surface area contributed by atoms with E-state index in [-0.39, 0.29) is 18.4 Å². The third-order valence-corrected chi connectivity index (χ3v) is 4.52. The Bertz CT molecular complexity index is 1180. The Balaban J connectivity index is 1.57. The van der Waals surface area contributed by atoms with Gasteiger partial charge in [-0.05, 0) is 66.7 Å². The van der Waals surface area contributed by atoms with Gasteiger partial charge in [0.15, 0.2) is 0 Å². The van der Waals surface area contributed by atoms with Crippen molar-refractivity contribution in [3.63, 3.8) is 0 Å². The highest BCUT2D eigenvalue weighted by Gasteiger charge is 2.15. The highest BCUT2D eigenvalue weighted by molar-refractivity contribution is 5.99. The molecule has 0 aromatic heterocycles. The summed E-state index contributed by atoms with van der Waals surface area (Å²) in [6, 6.07) is 19.8. The molecular weight excluding hydrogens is 406 g/mol. The molecule has 0 bridgehead atoms. The number of carbonyl (C=O) groups is 3. The summed E-state index contributed by atoms with van der Waals surface area (Å²) in [5.74, 6) is 2.38. The summed E-state index contributed by atoms with van der Waals surface area (Å²) in [5, 5.41) is 2.72. The molecule has 3 aromatic carbocycles. The number of nitrogens with one attached hydrogen (secondary N) is 1. The van der Waals surface area contributed by atoms with Gasteiger partial charge in [-0.1, -0.05) is 12.0 Å². The minimum atomic E-state index is -0.515. The van der Waals surface area contributed by atoms with Crippen molar-refractivity contribution in [3.05, 3.63) is 89.5 Å². The molecule has 3 amide bonds. The van der Waals surface area contributed by atoms with Crippen LogP contribution < -0.4 is 15.8 Å². The summed E-state index contributed by atoms with van der Waals surface area (Å²) >= 11 is 0. The minimum absolute atomic E-state index is 0.121. The second-order valence-corrected chi connectivity index (χ2v) is 6.95. The van der Waals surface area contributed by atoms with Gasteiger partial charge < -0.3 is 20.7 Å². The monoisotopic (exact) mass is 427 g/mol. The van der Waals surface area contributed by atoms with E-state index < -0.39 is 5.91 Å². The Morgan fingerprint density at radius 2 is 1.56 bits per heavy atom. The van der Waals surface area contributed by atoms with E-state index in [2.05, 4.69) is 11.2 Å². The topological polar surface area (TPSA) is 102 Å². The van der Waals surface area contributed by atoms with Crippen LogP contribution in [0.1, 0.15) is 26.3 Å². The van der Waals surface area contributed by atoms with Crippen LogP contribution in [0.15, 0.2) is 72.8 Å². The lowest BCUT2D eigenvalue weighted by Gasteiger charge is -2.17.